The summed E-state index contributed by atoms with van der Waals surface area (Å²) < 4.78 is 27.0. The zero-order chi connectivity index (χ0) is 18.4. The van der Waals surface area contributed by atoms with Crippen LogP contribution in [0.2, 0.25) is 0 Å². The molecular formula is C17H28N4O2S2. The van der Waals surface area contributed by atoms with Crippen molar-refractivity contribution < 1.29 is 8.42 Å². The van der Waals surface area contributed by atoms with Crippen LogP contribution < -0.4 is 5.32 Å². The normalized spacial score (nSPS) is 16.2. The van der Waals surface area contributed by atoms with Crippen molar-refractivity contribution in [2.45, 2.75) is 18.2 Å². The number of hydrogen-bond donors (Lipinski definition) is 1. The number of sulfonamides is 1. The van der Waals surface area contributed by atoms with Crippen LogP contribution in [0.1, 0.15) is 12.0 Å². The molecular weight excluding hydrogens is 356 g/mol. The molecule has 25 heavy (non-hydrogen) atoms. The fourth-order valence-electron chi connectivity index (χ4n) is 2.69. The molecule has 0 radical (unpaired) electrons. The van der Waals surface area contributed by atoms with E-state index in [0.717, 1.165) is 25.1 Å². The van der Waals surface area contributed by atoms with Crippen molar-refractivity contribution in [3.8, 4) is 0 Å². The van der Waals surface area contributed by atoms with Crippen LogP contribution in [-0.2, 0) is 10.0 Å². The van der Waals surface area contributed by atoms with Crippen molar-refractivity contribution in [2.75, 3.05) is 53.4 Å². The second kappa shape index (κ2) is 8.93. The zero-order valence-electron chi connectivity index (χ0n) is 15.2. The van der Waals surface area contributed by atoms with Gasteiger partial charge in [0.1, 0.15) is 0 Å². The standard InChI is InChI=1S/C17H28N4O2S2/c1-15-5-7-16(8-6-15)25(22,23)21-13-11-20(12-14-21)17(24)18-9-4-10-19(2)3/h5-8H,4,9-14H2,1-3H3,(H,18,24). The summed E-state index contributed by atoms with van der Waals surface area (Å²) in [6, 6.07) is 7.01. The van der Waals surface area contributed by atoms with Gasteiger partial charge in [-0.3, -0.25) is 0 Å². The van der Waals surface area contributed by atoms with Crippen LogP contribution >= 0.6 is 12.2 Å². The second-order valence-corrected chi connectivity index (χ2v) is 8.92. The summed E-state index contributed by atoms with van der Waals surface area (Å²) >= 11 is 5.43. The van der Waals surface area contributed by atoms with E-state index in [9.17, 15) is 8.42 Å². The molecule has 1 N–H and O–H groups in total. The van der Waals surface area contributed by atoms with Gasteiger partial charge in [-0.2, -0.15) is 4.31 Å². The first-order valence-electron chi connectivity index (χ1n) is 8.55. The van der Waals surface area contributed by atoms with Crippen LogP contribution in [0.3, 0.4) is 0 Å². The first-order chi connectivity index (χ1) is 11.8. The Bertz CT molecular complexity index is 666. The quantitative estimate of drug-likeness (QED) is 0.586. The number of nitrogens with zero attached hydrogens (tertiary/aromatic N) is 3. The summed E-state index contributed by atoms with van der Waals surface area (Å²) in [6.07, 6.45) is 1.02. The van der Waals surface area contributed by atoms with Crippen molar-refractivity contribution in [1.29, 1.82) is 0 Å². The SMILES string of the molecule is Cc1ccc(S(=O)(=O)N2CCN(C(=S)NCCCN(C)C)CC2)cc1. The molecule has 6 nitrogen and oxygen atoms in total. The maximum Gasteiger partial charge on any atom is 0.243 e. The van der Waals surface area contributed by atoms with E-state index in [2.05, 4.69) is 10.2 Å². The van der Waals surface area contributed by atoms with Crippen LogP contribution in [0.5, 0.6) is 0 Å². The van der Waals surface area contributed by atoms with E-state index >= 15 is 0 Å². The molecule has 1 aromatic rings. The maximum atomic E-state index is 12.7. The average molecular weight is 385 g/mol. The van der Waals surface area contributed by atoms with Crippen molar-refractivity contribution in [1.82, 2.24) is 19.4 Å². The summed E-state index contributed by atoms with van der Waals surface area (Å²) in [6.45, 7) is 5.93. The van der Waals surface area contributed by atoms with Crippen LogP contribution in [0, 0.1) is 6.92 Å². The van der Waals surface area contributed by atoms with Crippen LogP contribution in [-0.4, -0.2) is 81.0 Å². The van der Waals surface area contributed by atoms with Gasteiger partial charge < -0.3 is 15.1 Å². The Kier molecular flexibility index (Phi) is 7.18. The molecule has 0 aromatic heterocycles. The topological polar surface area (TPSA) is 55.9 Å². The Morgan fingerprint density at radius 2 is 1.76 bits per heavy atom. The highest BCUT2D eigenvalue weighted by atomic mass is 32.2. The van der Waals surface area contributed by atoms with Gasteiger partial charge in [-0.25, -0.2) is 8.42 Å². The van der Waals surface area contributed by atoms with Crippen molar-refractivity contribution >= 4 is 27.4 Å². The molecule has 8 heteroatoms. The first-order valence-corrected chi connectivity index (χ1v) is 10.4. The molecule has 0 bridgehead atoms. The average Bonchev–Trinajstić information content (AvgIpc) is 2.59. The predicted octanol–water partition coefficient (Wildman–Crippen LogP) is 1.13. The van der Waals surface area contributed by atoms with Gasteiger partial charge in [0, 0.05) is 32.7 Å². The lowest BCUT2D eigenvalue weighted by molar-refractivity contribution is 0.263. The molecule has 0 aliphatic carbocycles. The number of benzene rings is 1. The molecule has 0 amide bonds. The van der Waals surface area contributed by atoms with Gasteiger partial charge >= 0.3 is 0 Å². The number of piperazine rings is 1. The number of nitrogens with one attached hydrogen (secondary N) is 1. The number of rotatable bonds is 6. The molecule has 1 fully saturated rings. The zero-order valence-corrected chi connectivity index (χ0v) is 16.9. The van der Waals surface area contributed by atoms with E-state index in [4.69, 9.17) is 12.2 Å². The summed E-state index contributed by atoms with van der Waals surface area (Å²) in [5, 5.41) is 3.98. The first kappa shape index (κ1) is 20.1. The maximum absolute atomic E-state index is 12.7. The van der Waals surface area contributed by atoms with Gasteiger partial charge in [0.25, 0.3) is 0 Å². The Labute approximate surface area is 156 Å². The Balaban J connectivity index is 1.84. The molecule has 0 spiro atoms. The lowest BCUT2D eigenvalue weighted by Crippen LogP contribution is -2.53. The summed E-state index contributed by atoms with van der Waals surface area (Å²) in [5.74, 6) is 0. The van der Waals surface area contributed by atoms with E-state index < -0.39 is 10.0 Å². The number of thiocarbonyl (C=S) groups is 1. The van der Waals surface area contributed by atoms with Gasteiger partial charge in [-0.15, -0.1) is 0 Å². The largest absolute Gasteiger partial charge is 0.363 e. The van der Waals surface area contributed by atoms with Crippen molar-refractivity contribution in [3.05, 3.63) is 29.8 Å². The molecule has 1 aliphatic rings. The molecule has 1 aliphatic heterocycles. The minimum atomic E-state index is -3.42. The molecule has 0 saturated carbocycles. The Hall–Kier alpha value is -1.22. The van der Waals surface area contributed by atoms with Gasteiger partial charge in [0.05, 0.1) is 4.90 Å². The predicted molar refractivity (Wildman–Crippen MR) is 105 cm³/mol. The van der Waals surface area contributed by atoms with Crippen LogP contribution in [0.4, 0.5) is 0 Å². The van der Waals surface area contributed by atoms with Crippen molar-refractivity contribution in [3.63, 3.8) is 0 Å². The minimum Gasteiger partial charge on any atom is -0.363 e. The monoisotopic (exact) mass is 384 g/mol. The molecule has 2 rings (SSSR count). The summed E-state index contributed by atoms with van der Waals surface area (Å²) in [5.41, 5.74) is 1.05. The molecule has 1 heterocycles. The fraction of sp³-hybridized carbons (Fsp3) is 0.588. The lowest BCUT2D eigenvalue weighted by Gasteiger charge is -2.35. The minimum absolute atomic E-state index is 0.357. The molecule has 0 atom stereocenters. The third-order valence-electron chi connectivity index (χ3n) is 4.24. The van der Waals surface area contributed by atoms with Crippen molar-refractivity contribution in [2.24, 2.45) is 0 Å². The highest BCUT2D eigenvalue weighted by Gasteiger charge is 2.29. The molecule has 0 unspecified atom stereocenters. The summed E-state index contributed by atoms with van der Waals surface area (Å²) in [7, 11) is 0.674. The Morgan fingerprint density at radius 3 is 2.32 bits per heavy atom. The van der Waals surface area contributed by atoms with Gasteiger partial charge in [0.2, 0.25) is 10.0 Å². The van der Waals surface area contributed by atoms with Gasteiger partial charge in [0.15, 0.2) is 5.11 Å². The molecule has 1 aromatic carbocycles. The highest BCUT2D eigenvalue weighted by Crippen LogP contribution is 2.18. The van der Waals surface area contributed by atoms with E-state index in [1.807, 2.05) is 38.1 Å². The number of aryl methyl sites for hydroxylation is 1. The Morgan fingerprint density at radius 1 is 1.16 bits per heavy atom. The lowest BCUT2D eigenvalue weighted by atomic mass is 10.2. The van der Waals surface area contributed by atoms with Gasteiger partial charge in [-0.1, -0.05) is 17.7 Å². The highest BCUT2D eigenvalue weighted by molar-refractivity contribution is 7.89. The summed E-state index contributed by atoms with van der Waals surface area (Å²) in [4.78, 5) is 4.54. The van der Waals surface area contributed by atoms with Crippen LogP contribution in [0.25, 0.3) is 0 Å². The van der Waals surface area contributed by atoms with E-state index in [1.165, 1.54) is 0 Å². The van der Waals surface area contributed by atoms with Crippen LogP contribution in [0.15, 0.2) is 29.2 Å². The van der Waals surface area contributed by atoms with E-state index in [0.29, 0.717) is 36.2 Å². The third kappa shape index (κ3) is 5.64. The molecule has 1 saturated heterocycles. The smallest absolute Gasteiger partial charge is 0.243 e. The third-order valence-corrected chi connectivity index (χ3v) is 6.56. The van der Waals surface area contributed by atoms with Gasteiger partial charge in [-0.05, 0) is 58.3 Å². The van der Waals surface area contributed by atoms with E-state index in [-0.39, 0.29) is 0 Å². The fourth-order valence-corrected chi connectivity index (χ4v) is 4.40. The molecule has 140 valence electrons. The number of hydrogen-bond acceptors (Lipinski definition) is 4. The second-order valence-electron chi connectivity index (χ2n) is 6.59. The van der Waals surface area contributed by atoms with E-state index in [1.54, 1.807) is 16.4 Å².